The highest BCUT2D eigenvalue weighted by atomic mass is 32.2. The number of pyridine rings is 2. The third-order valence-corrected chi connectivity index (χ3v) is 6.28. The number of alkyl halides is 3. The van der Waals surface area contributed by atoms with E-state index in [0.29, 0.717) is 23.3 Å². The van der Waals surface area contributed by atoms with Gasteiger partial charge in [0, 0.05) is 29.0 Å². The SMILES string of the molecule is CSc1ncc(-c2coc(-c3cc(C(F)(F)F)c(C#N)c(=O)n3Cc3ccc(F)cc3F)c2)cc1C. The van der Waals surface area contributed by atoms with Crippen LogP contribution in [0.1, 0.15) is 22.3 Å². The number of aromatic nitrogens is 2. The van der Waals surface area contributed by atoms with E-state index in [9.17, 15) is 32.0 Å². The van der Waals surface area contributed by atoms with Gasteiger partial charge >= 0.3 is 6.18 Å². The molecule has 5 nitrogen and oxygen atoms in total. The van der Waals surface area contributed by atoms with E-state index in [4.69, 9.17) is 4.42 Å². The van der Waals surface area contributed by atoms with Crippen molar-refractivity contribution in [1.29, 1.82) is 5.26 Å². The Morgan fingerprint density at radius 3 is 2.50 bits per heavy atom. The van der Waals surface area contributed by atoms with Crippen molar-refractivity contribution in [1.82, 2.24) is 9.55 Å². The maximum atomic E-state index is 14.3. The van der Waals surface area contributed by atoms with Crippen LogP contribution < -0.4 is 5.56 Å². The molecule has 0 saturated carbocycles. The first-order chi connectivity index (χ1) is 17.0. The summed E-state index contributed by atoms with van der Waals surface area (Å²) in [5, 5.41) is 10.1. The van der Waals surface area contributed by atoms with Crippen molar-refractivity contribution in [2.75, 3.05) is 6.26 Å². The van der Waals surface area contributed by atoms with Crippen molar-refractivity contribution >= 4 is 11.8 Å². The van der Waals surface area contributed by atoms with Crippen LogP contribution in [0.2, 0.25) is 0 Å². The molecule has 0 aliphatic rings. The van der Waals surface area contributed by atoms with Gasteiger partial charge in [0.05, 0.1) is 29.1 Å². The number of nitrogens with zero attached hydrogens (tertiary/aromatic N) is 3. The predicted octanol–water partition coefficient (Wildman–Crippen LogP) is 6.42. The Bertz CT molecular complexity index is 1570. The molecule has 0 N–H and O–H groups in total. The second-order valence-corrected chi connectivity index (χ2v) is 8.60. The molecule has 4 rings (SSSR count). The van der Waals surface area contributed by atoms with E-state index in [1.807, 2.05) is 19.2 Å². The van der Waals surface area contributed by atoms with Crippen LogP contribution in [0.3, 0.4) is 0 Å². The Morgan fingerprint density at radius 1 is 1.14 bits per heavy atom. The largest absolute Gasteiger partial charge is 0.462 e. The van der Waals surface area contributed by atoms with E-state index < -0.39 is 41.0 Å². The summed E-state index contributed by atoms with van der Waals surface area (Å²) in [4.78, 5) is 17.4. The molecule has 0 unspecified atom stereocenters. The van der Waals surface area contributed by atoms with E-state index in [2.05, 4.69) is 4.98 Å². The number of furan rings is 1. The van der Waals surface area contributed by atoms with Crippen LogP contribution in [-0.4, -0.2) is 15.8 Å². The summed E-state index contributed by atoms with van der Waals surface area (Å²) in [5.41, 5.74) is -2.38. The predicted molar refractivity (Wildman–Crippen MR) is 123 cm³/mol. The van der Waals surface area contributed by atoms with Crippen LogP contribution in [0.4, 0.5) is 22.0 Å². The van der Waals surface area contributed by atoms with Gasteiger partial charge < -0.3 is 4.42 Å². The topological polar surface area (TPSA) is 71.8 Å². The highest BCUT2D eigenvalue weighted by molar-refractivity contribution is 7.98. The average molecular weight is 517 g/mol. The molecule has 1 aromatic carbocycles. The van der Waals surface area contributed by atoms with Gasteiger partial charge in [0.1, 0.15) is 23.3 Å². The van der Waals surface area contributed by atoms with E-state index in [0.717, 1.165) is 27.3 Å². The molecular weight excluding hydrogens is 501 g/mol. The molecule has 0 aliphatic heterocycles. The summed E-state index contributed by atoms with van der Waals surface area (Å²) in [6.45, 7) is 1.29. The number of hydrogen-bond acceptors (Lipinski definition) is 5. The third kappa shape index (κ3) is 4.77. The molecule has 0 fully saturated rings. The molecule has 184 valence electrons. The van der Waals surface area contributed by atoms with Crippen LogP contribution in [-0.2, 0) is 12.7 Å². The molecular formula is C25H16F5N3O2S. The van der Waals surface area contributed by atoms with Gasteiger partial charge in [0.25, 0.3) is 5.56 Å². The maximum absolute atomic E-state index is 14.3. The first-order valence-corrected chi connectivity index (χ1v) is 11.5. The summed E-state index contributed by atoms with van der Waals surface area (Å²) in [6.07, 6.45) is -0.266. The van der Waals surface area contributed by atoms with E-state index in [1.165, 1.54) is 30.2 Å². The highest BCUT2D eigenvalue weighted by Crippen LogP contribution is 2.36. The quantitative estimate of drug-likeness (QED) is 0.226. The average Bonchev–Trinajstić information content (AvgIpc) is 3.31. The van der Waals surface area contributed by atoms with Crippen LogP contribution in [0.5, 0.6) is 0 Å². The Balaban J connectivity index is 1.91. The number of aryl methyl sites for hydroxylation is 1. The van der Waals surface area contributed by atoms with Gasteiger partial charge in [-0.2, -0.15) is 18.4 Å². The number of hydrogen-bond donors (Lipinski definition) is 0. The van der Waals surface area contributed by atoms with Crippen LogP contribution in [0.15, 0.2) is 63.1 Å². The summed E-state index contributed by atoms with van der Waals surface area (Å²) in [5.74, 6) is -1.98. The first kappa shape index (κ1) is 25.2. The fraction of sp³-hybridized carbons (Fsp3) is 0.160. The Labute approximate surface area is 205 Å². The van der Waals surface area contributed by atoms with Crippen LogP contribution >= 0.6 is 11.8 Å². The zero-order valence-corrected chi connectivity index (χ0v) is 19.6. The molecule has 3 aromatic heterocycles. The molecule has 0 aliphatic carbocycles. The zero-order chi connectivity index (χ0) is 26.2. The molecule has 0 amide bonds. The number of rotatable bonds is 5. The van der Waals surface area contributed by atoms with Crippen molar-refractivity contribution in [2.24, 2.45) is 0 Å². The van der Waals surface area contributed by atoms with Gasteiger partial charge in [-0.05, 0) is 43.0 Å². The highest BCUT2D eigenvalue weighted by Gasteiger charge is 2.37. The molecule has 0 radical (unpaired) electrons. The maximum Gasteiger partial charge on any atom is 0.417 e. The van der Waals surface area contributed by atoms with Crippen molar-refractivity contribution in [2.45, 2.75) is 24.7 Å². The number of halogens is 5. The Hall–Kier alpha value is -3.91. The molecule has 0 bridgehead atoms. The lowest BCUT2D eigenvalue weighted by molar-refractivity contribution is -0.137. The lowest BCUT2D eigenvalue weighted by Crippen LogP contribution is -2.29. The molecule has 0 saturated heterocycles. The molecule has 3 heterocycles. The van der Waals surface area contributed by atoms with Crippen molar-refractivity contribution in [3.63, 3.8) is 0 Å². The van der Waals surface area contributed by atoms with Gasteiger partial charge in [0.2, 0.25) is 0 Å². The van der Waals surface area contributed by atoms with Crippen molar-refractivity contribution in [3.05, 3.63) is 93.1 Å². The van der Waals surface area contributed by atoms with E-state index in [1.54, 1.807) is 6.20 Å². The minimum atomic E-state index is -5.01. The fourth-order valence-electron chi connectivity index (χ4n) is 3.72. The number of thioether (sulfide) groups is 1. The van der Waals surface area contributed by atoms with Gasteiger partial charge in [0.15, 0.2) is 5.76 Å². The minimum Gasteiger partial charge on any atom is -0.462 e. The molecule has 4 aromatic rings. The van der Waals surface area contributed by atoms with Crippen LogP contribution in [0.25, 0.3) is 22.6 Å². The normalized spacial score (nSPS) is 11.5. The monoisotopic (exact) mass is 517 g/mol. The lowest BCUT2D eigenvalue weighted by Gasteiger charge is -2.16. The zero-order valence-electron chi connectivity index (χ0n) is 18.8. The van der Waals surface area contributed by atoms with Crippen LogP contribution in [0, 0.1) is 29.9 Å². The second-order valence-electron chi connectivity index (χ2n) is 7.80. The van der Waals surface area contributed by atoms with Gasteiger partial charge in [-0.3, -0.25) is 9.36 Å². The van der Waals surface area contributed by atoms with E-state index >= 15 is 0 Å². The third-order valence-electron chi connectivity index (χ3n) is 5.47. The minimum absolute atomic E-state index is 0.119. The van der Waals surface area contributed by atoms with Gasteiger partial charge in [-0.25, -0.2) is 13.8 Å². The first-order valence-electron chi connectivity index (χ1n) is 10.3. The van der Waals surface area contributed by atoms with Gasteiger partial charge in [-0.1, -0.05) is 6.07 Å². The molecule has 36 heavy (non-hydrogen) atoms. The summed E-state index contributed by atoms with van der Waals surface area (Å²) in [6, 6.07) is 7.78. The van der Waals surface area contributed by atoms with Crippen molar-refractivity contribution in [3.8, 4) is 28.7 Å². The second kappa shape index (κ2) is 9.62. The van der Waals surface area contributed by atoms with E-state index in [-0.39, 0.29) is 17.0 Å². The molecule has 0 atom stereocenters. The summed E-state index contributed by atoms with van der Waals surface area (Å²) >= 11 is 1.46. The standard InChI is InChI=1S/C25H16F5N3O2S/c1-13-5-15(10-32-23(13)36-2)16-6-22(35-12-16)21-8-19(25(28,29)30)18(9-31)24(34)33(21)11-14-3-4-17(26)7-20(14)27/h3-8,10,12H,11H2,1-2H3. The Kier molecular flexibility index (Phi) is 6.73. The summed E-state index contributed by atoms with van der Waals surface area (Å²) in [7, 11) is 0. The Morgan fingerprint density at radius 2 is 1.89 bits per heavy atom. The van der Waals surface area contributed by atoms with Crippen molar-refractivity contribution < 1.29 is 26.4 Å². The number of nitriles is 1. The lowest BCUT2D eigenvalue weighted by atomic mass is 10.1. The molecule has 0 spiro atoms. The van der Waals surface area contributed by atoms with Gasteiger partial charge in [-0.15, -0.1) is 11.8 Å². The smallest absolute Gasteiger partial charge is 0.417 e. The fourth-order valence-corrected chi connectivity index (χ4v) is 4.25. The number of benzene rings is 1. The molecule has 11 heteroatoms. The summed E-state index contributed by atoms with van der Waals surface area (Å²) < 4.78 is 75.2.